The van der Waals surface area contributed by atoms with Crippen molar-refractivity contribution in [3.63, 3.8) is 0 Å². The Morgan fingerprint density at radius 1 is 1.00 bits per heavy atom. The standard InChI is InChI=1S/C12H11NO3S/c14-12-10(5-4-8-13-12)9-17(15,16)11-6-2-1-3-7-11/h1-8H,9H2,(H,13,14). The zero-order valence-corrected chi connectivity index (χ0v) is 9.78. The van der Waals surface area contributed by atoms with Crippen LogP contribution in [-0.4, -0.2) is 13.4 Å². The Kier molecular flexibility index (Phi) is 3.10. The van der Waals surface area contributed by atoms with E-state index in [0.29, 0.717) is 0 Å². The SMILES string of the molecule is O=c1[nH]cccc1CS(=O)(=O)c1ccccc1. The van der Waals surface area contributed by atoms with E-state index in [9.17, 15) is 13.2 Å². The quantitative estimate of drug-likeness (QED) is 0.892. The van der Waals surface area contributed by atoms with E-state index in [2.05, 4.69) is 4.98 Å². The second-order valence-electron chi connectivity index (χ2n) is 3.60. The van der Waals surface area contributed by atoms with Crippen molar-refractivity contribution in [1.82, 2.24) is 4.98 Å². The van der Waals surface area contributed by atoms with Crippen LogP contribution in [0.1, 0.15) is 5.56 Å². The molecule has 0 aliphatic rings. The summed E-state index contributed by atoms with van der Waals surface area (Å²) in [6.45, 7) is 0. The minimum atomic E-state index is -3.46. The normalized spacial score (nSPS) is 11.3. The predicted molar refractivity (Wildman–Crippen MR) is 64.4 cm³/mol. The van der Waals surface area contributed by atoms with Crippen molar-refractivity contribution in [2.24, 2.45) is 0 Å². The highest BCUT2D eigenvalue weighted by Gasteiger charge is 2.16. The van der Waals surface area contributed by atoms with Crippen molar-refractivity contribution < 1.29 is 8.42 Å². The first-order valence-corrected chi connectivity index (χ1v) is 6.69. The molecule has 17 heavy (non-hydrogen) atoms. The molecule has 0 aliphatic heterocycles. The zero-order valence-electron chi connectivity index (χ0n) is 8.96. The minimum Gasteiger partial charge on any atom is -0.329 e. The third-order valence-electron chi connectivity index (χ3n) is 2.35. The van der Waals surface area contributed by atoms with Crippen molar-refractivity contribution in [2.75, 3.05) is 0 Å². The minimum absolute atomic E-state index is 0.225. The van der Waals surface area contributed by atoms with Crippen molar-refractivity contribution in [3.8, 4) is 0 Å². The molecule has 1 aromatic heterocycles. The average molecular weight is 249 g/mol. The van der Waals surface area contributed by atoms with Crippen LogP contribution in [0.5, 0.6) is 0 Å². The number of sulfone groups is 1. The van der Waals surface area contributed by atoms with Gasteiger partial charge in [0.15, 0.2) is 9.84 Å². The molecule has 1 N–H and O–H groups in total. The van der Waals surface area contributed by atoms with Crippen molar-refractivity contribution in [3.05, 3.63) is 64.6 Å². The molecule has 0 bridgehead atoms. The van der Waals surface area contributed by atoms with E-state index in [1.165, 1.54) is 24.4 Å². The molecule has 0 unspecified atom stereocenters. The topological polar surface area (TPSA) is 67.0 Å². The van der Waals surface area contributed by atoms with Gasteiger partial charge in [0.1, 0.15) is 0 Å². The fraction of sp³-hybridized carbons (Fsp3) is 0.0833. The lowest BCUT2D eigenvalue weighted by atomic mass is 10.3. The monoisotopic (exact) mass is 249 g/mol. The van der Waals surface area contributed by atoms with Crippen molar-refractivity contribution in [2.45, 2.75) is 10.6 Å². The second kappa shape index (κ2) is 4.55. The van der Waals surface area contributed by atoms with Crippen LogP contribution >= 0.6 is 0 Å². The smallest absolute Gasteiger partial charge is 0.252 e. The highest BCUT2D eigenvalue weighted by molar-refractivity contribution is 7.90. The molecule has 1 heterocycles. The lowest BCUT2D eigenvalue weighted by Gasteiger charge is -2.03. The summed E-state index contributed by atoms with van der Waals surface area (Å²) in [5, 5.41) is 0. The molecule has 0 saturated heterocycles. The Morgan fingerprint density at radius 3 is 2.35 bits per heavy atom. The summed E-state index contributed by atoms with van der Waals surface area (Å²) in [6, 6.07) is 11.2. The molecule has 4 nitrogen and oxygen atoms in total. The van der Waals surface area contributed by atoms with Gasteiger partial charge in [-0.25, -0.2) is 8.42 Å². The van der Waals surface area contributed by atoms with E-state index in [-0.39, 0.29) is 21.8 Å². The summed E-state index contributed by atoms with van der Waals surface area (Å²) in [6.07, 6.45) is 1.47. The van der Waals surface area contributed by atoms with Crippen LogP contribution in [0, 0.1) is 0 Å². The number of aromatic amines is 1. The molecule has 0 atom stereocenters. The summed E-state index contributed by atoms with van der Waals surface area (Å²) >= 11 is 0. The fourth-order valence-electron chi connectivity index (χ4n) is 1.49. The van der Waals surface area contributed by atoms with Gasteiger partial charge >= 0.3 is 0 Å². The molecule has 2 aromatic rings. The lowest BCUT2D eigenvalue weighted by molar-refractivity contribution is 0.595. The van der Waals surface area contributed by atoms with Gasteiger partial charge in [-0.15, -0.1) is 0 Å². The summed E-state index contributed by atoms with van der Waals surface area (Å²) in [5.41, 5.74) is -0.122. The van der Waals surface area contributed by atoms with Crippen LogP contribution in [0.2, 0.25) is 0 Å². The predicted octanol–water partition coefficient (Wildman–Crippen LogP) is 1.35. The highest BCUT2D eigenvalue weighted by atomic mass is 32.2. The molecule has 1 aromatic carbocycles. The summed E-state index contributed by atoms with van der Waals surface area (Å²) in [4.78, 5) is 14.1. The Balaban J connectivity index is 2.37. The van der Waals surface area contributed by atoms with E-state index in [1.807, 2.05) is 0 Å². The molecule has 0 fully saturated rings. The molecule has 2 rings (SSSR count). The molecule has 5 heteroatoms. The van der Waals surface area contributed by atoms with Gasteiger partial charge in [-0.3, -0.25) is 4.79 Å². The zero-order chi connectivity index (χ0) is 12.3. The number of hydrogen-bond acceptors (Lipinski definition) is 3. The molecule has 88 valence electrons. The summed E-state index contributed by atoms with van der Waals surface area (Å²) < 4.78 is 24.0. The molecule has 0 radical (unpaired) electrons. The number of nitrogens with one attached hydrogen (secondary N) is 1. The molecule has 0 aliphatic carbocycles. The van der Waals surface area contributed by atoms with Crippen LogP contribution in [0.3, 0.4) is 0 Å². The number of aromatic nitrogens is 1. The van der Waals surface area contributed by atoms with Gasteiger partial charge in [0, 0.05) is 11.8 Å². The summed E-state index contributed by atoms with van der Waals surface area (Å²) in [7, 11) is -3.46. The van der Waals surface area contributed by atoms with E-state index in [1.54, 1.807) is 24.3 Å². The van der Waals surface area contributed by atoms with Crippen LogP contribution < -0.4 is 5.56 Å². The number of benzene rings is 1. The van der Waals surface area contributed by atoms with E-state index < -0.39 is 9.84 Å². The first kappa shape index (κ1) is 11.6. The molecule has 0 saturated carbocycles. The third-order valence-corrected chi connectivity index (χ3v) is 4.03. The Labute approximate surface area is 98.9 Å². The first-order valence-electron chi connectivity index (χ1n) is 5.04. The second-order valence-corrected chi connectivity index (χ2v) is 5.59. The maximum Gasteiger partial charge on any atom is 0.252 e. The van der Waals surface area contributed by atoms with Gasteiger partial charge in [-0.2, -0.15) is 0 Å². The molecule has 0 amide bonds. The number of rotatable bonds is 3. The van der Waals surface area contributed by atoms with Gasteiger partial charge < -0.3 is 4.98 Å². The number of hydrogen-bond donors (Lipinski definition) is 1. The number of pyridine rings is 1. The van der Waals surface area contributed by atoms with Gasteiger partial charge in [-0.1, -0.05) is 24.3 Å². The maximum atomic E-state index is 12.0. The molecular formula is C12H11NO3S. The van der Waals surface area contributed by atoms with E-state index >= 15 is 0 Å². The van der Waals surface area contributed by atoms with Gasteiger partial charge in [0.2, 0.25) is 0 Å². The van der Waals surface area contributed by atoms with Crippen molar-refractivity contribution >= 4 is 9.84 Å². The van der Waals surface area contributed by atoms with Crippen molar-refractivity contribution in [1.29, 1.82) is 0 Å². The number of H-pyrrole nitrogens is 1. The lowest BCUT2D eigenvalue weighted by Crippen LogP contribution is -2.15. The fourth-order valence-corrected chi connectivity index (χ4v) is 2.86. The highest BCUT2D eigenvalue weighted by Crippen LogP contribution is 2.13. The van der Waals surface area contributed by atoms with Crippen LogP contribution in [-0.2, 0) is 15.6 Å². The van der Waals surface area contributed by atoms with Gasteiger partial charge in [0.25, 0.3) is 5.56 Å². The van der Waals surface area contributed by atoms with Crippen LogP contribution in [0.25, 0.3) is 0 Å². The molecule has 0 spiro atoms. The average Bonchev–Trinajstić information content (AvgIpc) is 2.33. The Morgan fingerprint density at radius 2 is 1.71 bits per heavy atom. The van der Waals surface area contributed by atoms with Gasteiger partial charge in [0.05, 0.1) is 10.6 Å². The largest absolute Gasteiger partial charge is 0.329 e. The van der Waals surface area contributed by atoms with E-state index in [0.717, 1.165) is 0 Å². The first-order chi connectivity index (χ1) is 8.09. The van der Waals surface area contributed by atoms with Gasteiger partial charge in [-0.05, 0) is 18.2 Å². The maximum absolute atomic E-state index is 12.0. The molecular weight excluding hydrogens is 238 g/mol. The van der Waals surface area contributed by atoms with E-state index in [4.69, 9.17) is 0 Å². The Bertz CT molecular complexity index is 659. The van der Waals surface area contributed by atoms with Crippen LogP contribution in [0.15, 0.2) is 58.4 Å². The Hall–Kier alpha value is -1.88. The van der Waals surface area contributed by atoms with Crippen LogP contribution in [0.4, 0.5) is 0 Å². The summed E-state index contributed by atoms with van der Waals surface area (Å²) in [5.74, 6) is -0.285. The third kappa shape index (κ3) is 2.62.